The van der Waals surface area contributed by atoms with E-state index in [1.807, 2.05) is 18.2 Å². The lowest BCUT2D eigenvalue weighted by atomic mass is 10.1. The standard InChI is InChI=1S/C16H18N2O4/c19-16(12-4-7-20-9-12)18-14-11-21-8-5-15(14)22-10-13-3-1-2-6-17-13/h1-4,6-7,9,14-15H,5,8,10-11H2,(H,18,19)/t14-,15-/m1/s1. The Hall–Kier alpha value is -2.18. The maximum Gasteiger partial charge on any atom is 0.254 e. The number of hydrogen-bond acceptors (Lipinski definition) is 5. The van der Waals surface area contributed by atoms with Gasteiger partial charge in [-0.05, 0) is 24.6 Å². The average Bonchev–Trinajstić information content (AvgIpc) is 3.10. The van der Waals surface area contributed by atoms with Gasteiger partial charge in [-0.2, -0.15) is 0 Å². The molecule has 1 N–H and O–H groups in total. The number of amides is 1. The number of nitrogens with one attached hydrogen (secondary N) is 1. The molecular formula is C16H18N2O4. The van der Waals surface area contributed by atoms with Gasteiger partial charge in [-0.1, -0.05) is 6.07 Å². The molecule has 0 radical (unpaired) electrons. The minimum Gasteiger partial charge on any atom is -0.472 e. The zero-order valence-corrected chi connectivity index (χ0v) is 12.1. The highest BCUT2D eigenvalue weighted by Crippen LogP contribution is 2.14. The Bertz CT molecular complexity index is 585. The number of carbonyl (C=O) groups is 1. The van der Waals surface area contributed by atoms with Crippen LogP contribution in [0.1, 0.15) is 22.5 Å². The van der Waals surface area contributed by atoms with Crippen molar-refractivity contribution in [1.82, 2.24) is 10.3 Å². The second kappa shape index (κ2) is 7.20. The summed E-state index contributed by atoms with van der Waals surface area (Å²) in [5.41, 5.74) is 1.36. The second-order valence-corrected chi connectivity index (χ2v) is 5.13. The fourth-order valence-corrected chi connectivity index (χ4v) is 2.37. The summed E-state index contributed by atoms with van der Waals surface area (Å²) in [5.74, 6) is -0.185. The molecule has 6 nitrogen and oxygen atoms in total. The Labute approximate surface area is 128 Å². The smallest absolute Gasteiger partial charge is 0.254 e. The van der Waals surface area contributed by atoms with E-state index >= 15 is 0 Å². The van der Waals surface area contributed by atoms with Crippen molar-refractivity contribution in [2.75, 3.05) is 13.2 Å². The van der Waals surface area contributed by atoms with Gasteiger partial charge in [0, 0.05) is 12.8 Å². The van der Waals surface area contributed by atoms with Gasteiger partial charge >= 0.3 is 0 Å². The molecule has 1 amide bonds. The largest absolute Gasteiger partial charge is 0.472 e. The summed E-state index contributed by atoms with van der Waals surface area (Å²) < 4.78 is 16.3. The summed E-state index contributed by atoms with van der Waals surface area (Å²) in [7, 11) is 0. The summed E-state index contributed by atoms with van der Waals surface area (Å²) in [4.78, 5) is 16.3. The van der Waals surface area contributed by atoms with Gasteiger partial charge in [0.25, 0.3) is 5.91 Å². The van der Waals surface area contributed by atoms with Crippen molar-refractivity contribution in [1.29, 1.82) is 0 Å². The van der Waals surface area contributed by atoms with Gasteiger partial charge in [-0.15, -0.1) is 0 Å². The molecule has 1 aliphatic heterocycles. The van der Waals surface area contributed by atoms with E-state index in [4.69, 9.17) is 13.9 Å². The topological polar surface area (TPSA) is 73.6 Å². The molecule has 0 saturated carbocycles. The first kappa shape index (κ1) is 14.7. The third-order valence-corrected chi connectivity index (χ3v) is 3.56. The first-order valence-corrected chi connectivity index (χ1v) is 7.25. The van der Waals surface area contributed by atoms with E-state index in [0.717, 1.165) is 12.1 Å². The Kier molecular flexibility index (Phi) is 4.82. The predicted octanol–water partition coefficient (Wildman–Crippen LogP) is 1.78. The zero-order valence-electron chi connectivity index (χ0n) is 12.1. The maximum atomic E-state index is 12.1. The normalized spacial score (nSPS) is 21.5. The Morgan fingerprint density at radius 3 is 3.14 bits per heavy atom. The van der Waals surface area contributed by atoms with E-state index in [-0.39, 0.29) is 18.1 Å². The number of rotatable bonds is 5. The number of hydrogen-bond donors (Lipinski definition) is 1. The van der Waals surface area contributed by atoms with E-state index in [1.165, 1.54) is 12.5 Å². The highest BCUT2D eigenvalue weighted by molar-refractivity contribution is 5.94. The Balaban J connectivity index is 1.57. The Morgan fingerprint density at radius 2 is 2.36 bits per heavy atom. The van der Waals surface area contributed by atoms with Crippen LogP contribution in [-0.4, -0.2) is 36.3 Å². The molecule has 2 atom stereocenters. The molecule has 22 heavy (non-hydrogen) atoms. The van der Waals surface area contributed by atoms with Gasteiger partial charge in [0.05, 0.1) is 42.9 Å². The van der Waals surface area contributed by atoms with E-state index in [0.29, 0.717) is 25.4 Å². The van der Waals surface area contributed by atoms with Crippen LogP contribution in [0.2, 0.25) is 0 Å². The molecule has 0 aromatic carbocycles. The lowest BCUT2D eigenvalue weighted by Crippen LogP contribution is -2.50. The van der Waals surface area contributed by atoms with Crippen LogP contribution >= 0.6 is 0 Å². The van der Waals surface area contributed by atoms with Crippen LogP contribution in [0.4, 0.5) is 0 Å². The molecule has 2 aromatic heterocycles. The summed E-state index contributed by atoms with van der Waals surface area (Å²) in [6, 6.07) is 7.15. The number of ether oxygens (including phenoxy) is 2. The van der Waals surface area contributed by atoms with E-state index in [2.05, 4.69) is 10.3 Å². The third-order valence-electron chi connectivity index (χ3n) is 3.56. The maximum absolute atomic E-state index is 12.1. The van der Waals surface area contributed by atoms with Gasteiger partial charge in [-0.25, -0.2) is 0 Å². The number of carbonyl (C=O) groups excluding carboxylic acids is 1. The Morgan fingerprint density at radius 1 is 1.41 bits per heavy atom. The number of aromatic nitrogens is 1. The van der Waals surface area contributed by atoms with Gasteiger partial charge in [0.1, 0.15) is 6.26 Å². The highest BCUT2D eigenvalue weighted by Gasteiger charge is 2.28. The van der Waals surface area contributed by atoms with Crippen LogP contribution < -0.4 is 5.32 Å². The van der Waals surface area contributed by atoms with Gasteiger partial charge in [-0.3, -0.25) is 9.78 Å². The molecule has 116 valence electrons. The van der Waals surface area contributed by atoms with Crippen LogP contribution in [-0.2, 0) is 16.1 Å². The zero-order chi connectivity index (χ0) is 15.2. The highest BCUT2D eigenvalue weighted by atomic mass is 16.5. The van der Waals surface area contributed by atoms with Gasteiger partial charge in [0.15, 0.2) is 0 Å². The molecule has 0 unspecified atom stereocenters. The molecule has 0 aliphatic carbocycles. The average molecular weight is 302 g/mol. The second-order valence-electron chi connectivity index (χ2n) is 5.13. The van der Waals surface area contributed by atoms with Crippen LogP contribution in [0.5, 0.6) is 0 Å². The molecule has 3 heterocycles. The molecule has 6 heteroatoms. The van der Waals surface area contributed by atoms with Crippen molar-refractivity contribution in [3.63, 3.8) is 0 Å². The van der Waals surface area contributed by atoms with Crippen molar-refractivity contribution >= 4 is 5.91 Å². The SMILES string of the molecule is O=C(N[C@@H]1COCC[C@H]1OCc1ccccn1)c1ccoc1. The predicted molar refractivity (Wildman–Crippen MR) is 78.2 cm³/mol. The van der Waals surface area contributed by atoms with E-state index in [9.17, 15) is 4.79 Å². The van der Waals surface area contributed by atoms with E-state index < -0.39 is 0 Å². The first-order chi connectivity index (χ1) is 10.8. The number of pyridine rings is 1. The van der Waals surface area contributed by atoms with Crippen molar-refractivity contribution in [2.24, 2.45) is 0 Å². The minimum atomic E-state index is -0.185. The number of nitrogens with zero attached hydrogens (tertiary/aromatic N) is 1. The summed E-state index contributed by atoms with van der Waals surface area (Å²) in [5, 5.41) is 2.94. The van der Waals surface area contributed by atoms with Gasteiger partial charge < -0.3 is 19.2 Å². The van der Waals surface area contributed by atoms with Crippen molar-refractivity contribution in [3.05, 3.63) is 54.2 Å². The lowest BCUT2D eigenvalue weighted by Gasteiger charge is -2.31. The molecule has 2 aromatic rings. The lowest BCUT2D eigenvalue weighted by molar-refractivity contribution is -0.0612. The summed E-state index contributed by atoms with van der Waals surface area (Å²) >= 11 is 0. The molecule has 0 bridgehead atoms. The summed E-state index contributed by atoms with van der Waals surface area (Å²) in [6.45, 7) is 1.49. The summed E-state index contributed by atoms with van der Waals surface area (Å²) in [6.07, 6.45) is 5.28. The fourth-order valence-electron chi connectivity index (χ4n) is 2.37. The van der Waals surface area contributed by atoms with Crippen molar-refractivity contribution < 1.29 is 18.7 Å². The molecule has 0 spiro atoms. The first-order valence-electron chi connectivity index (χ1n) is 7.25. The van der Waals surface area contributed by atoms with Crippen LogP contribution in [0, 0.1) is 0 Å². The van der Waals surface area contributed by atoms with Crippen LogP contribution in [0.25, 0.3) is 0 Å². The van der Waals surface area contributed by atoms with Crippen LogP contribution in [0.15, 0.2) is 47.4 Å². The molecular weight excluding hydrogens is 284 g/mol. The molecule has 1 saturated heterocycles. The molecule has 3 rings (SSSR count). The fraction of sp³-hybridized carbons (Fsp3) is 0.375. The van der Waals surface area contributed by atoms with Crippen LogP contribution in [0.3, 0.4) is 0 Å². The van der Waals surface area contributed by atoms with Crippen molar-refractivity contribution in [2.45, 2.75) is 25.2 Å². The van der Waals surface area contributed by atoms with Crippen molar-refractivity contribution in [3.8, 4) is 0 Å². The quantitative estimate of drug-likeness (QED) is 0.911. The van der Waals surface area contributed by atoms with E-state index in [1.54, 1.807) is 12.3 Å². The number of furan rings is 1. The van der Waals surface area contributed by atoms with Gasteiger partial charge in [0.2, 0.25) is 0 Å². The molecule has 1 aliphatic rings. The third kappa shape index (κ3) is 3.72. The molecule has 1 fully saturated rings. The monoisotopic (exact) mass is 302 g/mol. The minimum absolute atomic E-state index is 0.0911.